The summed E-state index contributed by atoms with van der Waals surface area (Å²) in [6.45, 7) is 5.77. The van der Waals surface area contributed by atoms with E-state index in [0.29, 0.717) is 13.2 Å². The topological polar surface area (TPSA) is 49.8 Å². The summed E-state index contributed by atoms with van der Waals surface area (Å²) in [7, 11) is 0. The van der Waals surface area contributed by atoms with E-state index in [1.54, 1.807) is 6.92 Å². The molecule has 2 atom stereocenters. The lowest BCUT2D eigenvalue weighted by Gasteiger charge is -2.40. The van der Waals surface area contributed by atoms with Crippen LogP contribution >= 0.6 is 0 Å². The van der Waals surface area contributed by atoms with E-state index in [-0.39, 0.29) is 17.9 Å². The third-order valence-electron chi connectivity index (χ3n) is 4.16. The summed E-state index contributed by atoms with van der Waals surface area (Å²) >= 11 is 0. The number of hydrogen-bond acceptors (Lipinski definition) is 3. The Kier molecular flexibility index (Phi) is 5.37. The van der Waals surface area contributed by atoms with Gasteiger partial charge in [-0.25, -0.2) is 0 Å². The van der Waals surface area contributed by atoms with Gasteiger partial charge in [-0.2, -0.15) is 0 Å². The van der Waals surface area contributed by atoms with Crippen molar-refractivity contribution in [3.63, 3.8) is 0 Å². The van der Waals surface area contributed by atoms with Crippen LogP contribution < -0.4 is 0 Å². The van der Waals surface area contributed by atoms with Crippen molar-refractivity contribution >= 4 is 5.91 Å². The first kappa shape index (κ1) is 16.0. The summed E-state index contributed by atoms with van der Waals surface area (Å²) in [5.74, 6) is 0.0188. The monoisotopic (exact) mass is 291 g/mol. The Morgan fingerprint density at radius 3 is 2.81 bits per heavy atom. The van der Waals surface area contributed by atoms with Crippen LogP contribution in [0.25, 0.3) is 0 Å². The number of rotatable bonds is 5. The summed E-state index contributed by atoms with van der Waals surface area (Å²) in [6, 6.07) is 9.86. The predicted molar refractivity (Wildman–Crippen MR) is 81.7 cm³/mol. The molecule has 1 heterocycles. The number of aliphatic hydroxyl groups is 1. The van der Waals surface area contributed by atoms with Crippen LogP contribution in [0, 0.1) is 5.41 Å². The Balaban J connectivity index is 1.87. The fraction of sp³-hybridized carbons (Fsp3) is 0.588. The Hall–Kier alpha value is -1.39. The second-order valence-corrected chi connectivity index (χ2v) is 6.27. The van der Waals surface area contributed by atoms with E-state index >= 15 is 0 Å². The van der Waals surface area contributed by atoms with E-state index in [1.165, 1.54) is 0 Å². The number of carbonyl (C=O) groups is 1. The molecule has 0 saturated carbocycles. The molecule has 1 amide bonds. The Morgan fingerprint density at radius 1 is 1.43 bits per heavy atom. The number of aliphatic hydroxyl groups excluding tert-OH is 1. The smallest absolute Gasteiger partial charge is 0.251 e. The fourth-order valence-corrected chi connectivity index (χ4v) is 2.76. The van der Waals surface area contributed by atoms with Crippen LogP contribution in [0.2, 0.25) is 0 Å². The molecule has 1 aromatic carbocycles. The van der Waals surface area contributed by atoms with E-state index in [1.807, 2.05) is 42.2 Å². The molecule has 0 spiro atoms. The maximum atomic E-state index is 12.4. The average Bonchev–Trinajstić information content (AvgIpc) is 2.53. The van der Waals surface area contributed by atoms with Gasteiger partial charge in [0.25, 0.3) is 5.91 Å². The zero-order valence-corrected chi connectivity index (χ0v) is 12.9. The van der Waals surface area contributed by atoms with Crippen LogP contribution in [0.15, 0.2) is 30.3 Å². The quantitative estimate of drug-likeness (QED) is 0.905. The van der Waals surface area contributed by atoms with Gasteiger partial charge in [-0.05, 0) is 25.3 Å². The number of nitrogens with zero attached hydrogens (tertiary/aromatic N) is 1. The number of ether oxygens (including phenoxy) is 1. The largest absolute Gasteiger partial charge is 0.396 e. The highest BCUT2D eigenvalue weighted by Crippen LogP contribution is 2.29. The van der Waals surface area contributed by atoms with Crippen LogP contribution in [0.3, 0.4) is 0 Å². The van der Waals surface area contributed by atoms with Gasteiger partial charge in [-0.3, -0.25) is 4.79 Å². The van der Waals surface area contributed by atoms with Gasteiger partial charge >= 0.3 is 0 Å². The van der Waals surface area contributed by atoms with Gasteiger partial charge in [-0.1, -0.05) is 37.3 Å². The van der Waals surface area contributed by atoms with Crippen molar-refractivity contribution in [2.75, 3.05) is 19.7 Å². The second kappa shape index (κ2) is 7.05. The van der Waals surface area contributed by atoms with Gasteiger partial charge < -0.3 is 14.7 Å². The highest BCUT2D eigenvalue weighted by Gasteiger charge is 2.34. The molecular weight excluding hydrogens is 266 g/mol. The third kappa shape index (κ3) is 4.29. The molecular formula is C17H25NO3. The van der Waals surface area contributed by atoms with Crippen molar-refractivity contribution in [1.29, 1.82) is 0 Å². The molecule has 2 rings (SSSR count). The molecule has 1 saturated heterocycles. The first-order valence-electron chi connectivity index (χ1n) is 7.59. The molecule has 0 radical (unpaired) electrons. The SMILES string of the molecule is C[C@@H](OCc1ccccc1)C(=O)N1CCC[C@](C)(CO)C1. The van der Waals surface area contributed by atoms with E-state index in [2.05, 4.69) is 0 Å². The molecule has 1 aliphatic rings. The maximum Gasteiger partial charge on any atom is 0.251 e. The van der Waals surface area contributed by atoms with Gasteiger partial charge in [0.05, 0.1) is 13.2 Å². The molecule has 4 nitrogen and oxygen atoms in total. The van der Waals surface area contributed by atoms with E-state index in [0.717, 1.165) is 24.9 Å². The van der Waals surface area contributed by atoms with Crippen molar-refractivity contribution in [3.8, 4) is 0 Å². The van der Waals surface area contributed by atoms with Crippen LogP contribution in [-0.2, 0) is 16.1 Å². The second-order valence-electron chi connectivity index (χ2n) is 6.27. The molecule has 1 aliphatic heterocycles. The fourth-order valence-electron chi connectivity index (χ4n) is 2.76. The first-order chi connectivity index (χ1) is 10.0. The number of hydrogen-bond donors (Lipinski definition) is 1. The van der Waals surface area contributed by atoms with Crippen molar-refractivity contribution in [3.05, 3.63) is 35.9 Å². The van der Waals surface area contributed by atoms with E-state index in [9.17, 15) is 9.90 Å². The number of piperidine rings is 1. The molecule has 1 fully saturated rings. The minimum atomic E-state index is -0.453. The van der Waals surface area contributed by atoms with Crippen LogP contribution in [-0.4, -0.2) is 41.7 Å². The van der Waals surface area contributed by atoms with Crippen molar-refractivity contribution in [1.82, 2.24) is 4.90 Å². The van der Waals surface area contributed by atoms with Crippen LogP contribution in [0.4, 0.5) is 0 Å². The highest BCUT2D eigenvalue weighted by atomic mass is 16.5. The maximum absolute atomic E-state index is 12.4. The standard InChI is InChI=1S/C17H25NO3/c1-14(21-11-15-7-4-3-5-8-15)16(20)18-10-6-9-17(2,12-18)13-19/h3-5,7-8,14,19H,6,9-13H2,1-2H3/t14-,17+/m1/s1. The summed E-state index contributed by atoms with van der Waals surface area (Å²) in [5.41, 5.74) is 0.892. The van der Waals surface area contributed by atoms with Crippen molar-refractivity contribution < 1.29 is 14.6 Å². The highest BCUT2D eigenvalue weighted by molar-refractivity contribution is 5.80. The lowest BCUT2D eigenvalue weighted by atomic mass is 9.82. The Morgan fingerprint density at radius 2 is 2.14 bits per heavy atom. The Bertz CT molecular complexity index is 462. The molecule has 0 bridgehead atoms. The number of carbonyl (C=O) groups excluding carboxylic acids is 1. The zero-order chi connectivity index (χ0) is 15.3. The van der Waals surface area contributed by atoms with Crippen molar-refractivity contribution in [2.45, 2.75) is 39.4 Å². The van der Waals surface area contributed by atoms with E-state index in [4.69, 9.17) is 4.74 Å². The molecule has 1 N–H and O–H groups in total. The van der Waals surface area contributed by atoms with Crippen molar-refractivity contribution in [2.24, 2.45) is 5.41 Å². The van der Waals surface area contributed by atoms with Crippen LogP contribution in [0.5, 0.6) is 0 Å². The van der Waals surface area contributed by atoms with Gasteiger partial charge in [0, 0.05) is 18.5 Å². The Labute approximate surface area is 126 Å². The third-order valence-corrected chi connectivity index (χ3v) is 4.16. The predicted octanol–water partition coefficient (Wildman–Crippen LogP) is 2.21. The average molecular weight is 291 g/mol. The lowest BCUT2D eigenvalue weighted by Crippen LogP contribution is -2.49. The van der Waals surface area contributed by atoms with Gasteiger partial charge in [-0.15, -0.1) is 0 Å². The molecule has 0 aliphatic carbocycles. The molecule has 0 aromatic heterocycles. The number of likely N-dealkylation sites (tertiary alicyclic amines) is 1. The molecule has 116 valence electrons. The molecule has 1 aromatic rings. The summed E-state index contributed by atoms with van der Waals surface area (Å²) < 4.78 is 5.69. The van der Waals surface area contributed by atoms with Gasteiger partial charge in [0.1, 0.15) is 6.10 Å². The minimum Gasteiger partial charge on any atom is -0.396 e. The zero-order valence-electron chi connectivity index (χ0n) is 12.9. The summed E-state index contributed by atoms with van der Waals surface area (Å²) in [6.07, 6.45) is 1.45. The molecule has 0 unspecified atom stereocenters. The van der Waals surface area contributed by atoms with Gasteiger partial charge in [0.15, 0.2) is 0 Å². The lowest BCUT2D eigenvalue weighted by molar-refractivity contribution is -0.147. The molecule has 21 heavy (non-hydrogen) atoms. The normalized spacial score (nSPS) is 23.9. The number of amides is 1. The van der Waals surface area contributed by atoms with Crippen LogP contribution in [0.1, 0.15) is 32.3 Å². The van der Waals surface area contributed by atoms with E-state index < -0.39 is 6.10 Å². The summed E-state index contributed by atoms with van der Waals surface area (Å²) in [5, 5.41) is 9.47. The summed E-state index contributed by atoms with van der Waals surface area (Å²) in [4.78, 5) is 14.3. The molecule has 4 heteroatoms. The first-order valence-corrected chi connectivity index (χ1v) is 7.59. The minimum absolute atomic E-state index is 0.0188. The van der Waals surface area contributed by atoms with Gasteiger partial charge in [0.2, 0.25) is 0 Å². The number of benzene rings is 1.